The van der Waals surface area contributed by atoms with Crippen LogP contribution >= 0.6 is 0 Å². The summed E-state index contributed by atoms with van der Waals surface area (Å²) < 4.78 is 0. The Balaban J connectivity index is 2.28. The summed E-state index contributed by atoms with van der Waals surface area (Å²) in [6, 6.07) is 0.384. The van der Waals surface area contributed by atoms with Gasteiger partial charge in [0.2, 0.25) is 0 Å². The van der Waals surface area contributed by atoms with Crippen molar-refractivity contribution in [2.45, 2.75) is 45.1 Å². The van der Waals surface area contributed by atoms with E-state index >= 15 is 0 Å². The summed E-state index contributed by atoms with van der Waals surface area (Å²) >= 11 is 0. The highest BCUT2D eigenvalue weighted by Crippen LogP contribution is 2.28. The Morgan fingerprint density at radius 2 is 2.09 bits per heavy atom. The maximum absolute atomic E-state index is 6.02. The van der Waals surface area contributed by atoms with Crippen LogP contribution in [0.4, 0.5) is 0 Å². The summed E-state index contributed by atoms with van der Waals surface area (Å²) in [6.45, 7) is 5.95. The van der Waals surface area contributed by atoms with Gasteiger partial charge in [0.05, 0.1) is 0 Å². The van der Waals surface area contributed by atoms with Crippen molar-refractivity contribution in [1.82, 2.24) is 0 Å². The number of hydrogen-bond acceptors (Lipinski definition) is 1. The van der Waals surface area contributed by atoms with Crippen LogP contribution in [-0.4, -0.2) is 6.04 Å². The third-order valence-electron chi connectivity index (χ3n) is 2.59. The maximum Gasteiger partial charge on any atom is 0.0104 e. The zero-order chi connectivity index (χ0) is 8.27. The number of hydrogen-bond donors (Lipinski definition) is 1. The molecule has 1 saturated carbocycles. The summed E-state index contributed by atoms with van der Waals surface area (Å²) in [7, 11) is 0. The van der Waals surface area contributed by atoms with Gasteiger partial charge in [0, 0.05) is 6.04 Å². The van der Waals surface area contributed by atoms with Crippen LogP contribution in [0.3, 0.4) is 0 Å². The van der Waals surface area contributed by atoms with Crippen molar-refractivity contribution in [3.63, 3.8) is 0 Å². The molecule has 0 aromatic heterocycles. The molecule has 0 amide bonds. The average molecular weight is 153 g/mol. The average Bonchev–Trinajstić information content (AvgIpc) is 2.35. The van der Waals surface area contributed by atoms with Crippen LogP contribution in [0.25, 0.3) is 0 Å². The van der Waals surface area contributed by atoms with Gasteiger partial charge in [-0.2, -0.15) is 0 Å². The second kappa shape index (κ2) is 3.91. The third kappa shape index (κ3) is 2.66. The molecule has 64 valence electrons. The van der Waals surface area contributed by atoms with Crippen molar-refractivity contribution in [3.05, 3.63) is 12.2 Å². The Hall–Kier alpha value is -0.300. The van der Waals surface area contributed by atoms with E-state index in [1.807, 2.05) is 0 Å². The lowest BCUT2D eigenvalue weighted by atomic mass is 9.94. The van der Waals surface area contributed by atoms with E-state index in [9.17, 15) is 0 Å². The van der Waals surface area contributed by atoms with E-state index < -0.39 is 0 Å². The molecule has 0 saturated heterocycles. The first-order chi connectivity index (χ1) is 5.20. The van der Waals surface area contributed by atoms with Crippen LogP contribution in [0.15, 0.2) is 12.2 Å². The van der Waals surface area contributed by atoms with E-state index in [-0.39, 0.29) is 0 Å². The van der Waals surface area contributed by atoms with Gasteiger partial charge >= 0.3 is 0 Å². The van der Waals surface area contributed by atoms with Crippen LogP contribution < -0.4 is 5.73 Å². The quantitative estimate of drug-likeness (QED) is 0.619. The fraction of sp³-hybridized carbons (Fsp3) is 0.800. The van der Waals surface area contributed by atoms with Crippen molar-refractivity contribution in [3.8, 4) is 0 Å². The SMILES string of the molecule is C=C(C)CC(N)C1CCCC1. The van der Waals surface area contributed by atoms with E-state index in [0.717, 1.165) is 12.3 Å². The molecule has 0 aromatic carbocycles. The van der Waals surface area contributed by atoms with Crippen molar-refractivity contribution in [2.75, 3.05) is 0 Å². The molecule has 0 spiro atoms. The first kappa shape index (κ1) is 8.79. The monoisotopic (exact) mass is 153 g/mol. The van der Waals surface area contributed by atoms with Gasteiger partial charge in [0.25, 0.3) is 0 Å². The fourth-order valence-corrected chi connectivity index (χ4v) is 1.95. The van der Waals surface area contributed by atoms with Crippen LogP contribution in [0.5, 0.6) is 0 Å². The van der Waals surface area contributed by atoms with Crippen LogP contribution in [-0.2, 0) is 0 Å². The van der Waals surface area contributed by atoms with Gasteiger partial charge in [-0.1, -0.05) is 18.4 Å². The first-order valence-corrected chi connectivity index (χ1v) is 4.60. The minimum Gasteiger partial charge on any atom is -0.327 e. The predicted octanol–water partition coefficient (Wildman–Crippen LogP) is 2.47. The Morgan fingerprint density at radius 3 is 2.55 bits per heavy atom. The van der Waals surface area contributed by atoms with Crippen molar-refractivity contribution in [2.24, 2.45) is 11.7 Å². The summed E-state index contributed by atoms with van der Waals surface area (Å²) in [4.78, 5) is 0. The molecule has 0 radical (unpaired) electrons. The Kier molecular flexibility index (Phi) is 3.13. The lowest BCUT2D eigenvalue weighted by Gasteiger charge is -2.18. The van der Waals surface area contributed by atoms with Gasteiger partial charge in [0.15, 0.2) is 0 Å². The van der Waals surface area contributed by atoms with Gasteiger partial charge in [-0.15, -0.1) is 6.58 Å². The molecule has 0 aromatic rings. The minimum atomic E-state index is 0.384. The number of rotatable bonds is 3. The second-order valence-electron chi connectivity index (χ2n) is 3.87. The molecule has 0 heterocycles. The lowest BCUT2D eigenvalue weighted by molar-refractivity contribution is 0.428. The van der Waals surface area contributed by atoms with Gasteiger partial charge in [-0.3, -0.25) is 0 Å². The standard InChI is InChI=1S/C10H19N/c1-8(2)7-10(11)9-5-3-4-6-9/h9-10H,1,3-7,11H2,2H3. The second-order valence-corrected chi connectivity index (χ2v) is 3.87. The molecule has 0 bridgehead atoms. The summed E-state index contributed by atoms with van der Waals surface area (Å²) in [5.41, 5.74) is 7.25. The summed E-state index contributed by atoms with van der Waals surface area (Å²) in [5.74, 6) is 0.784. The Bertz CT molecular complexity index is 134. The van der Waals surface area contributed by atoms with E-state index in [0.29, 0.717) is 6.04 Å². The van der Waals surface area contributed by atoms with Gasteiger partial charge < -0.3 is 5.73 Å². The first-order valence-electron chi connectivity index (χ1n) is 4.60. The molecule has 1 atom stereocenters. The predicted molar refractivity (Wildman–Crippen MR) is 49.4 cm³/mol. The van der Waals surface area contributed by atoms with E-state index in [2.05, 4.69) is 13.5 Å². The van der Waals surface area contributed by atoms with Crippen molar-refractivity contribution in [1.29, 1.82) is 0 Å². The van der Waals surface area contributed by atoms with E-state index in [4.69, 9.17) is 5.73 Å². The molecule has 1 unspecified atom stereocenters. The molecule has 11 heavy (non-hydrogen) atoms. The lowest BCUT2D eigenvalue weighted by Crippen LogP contribution is -2.28. The van der Waals surface area contributed by atoms with Crippen LogP contribution in [0.1, 0.15) is 39.0 Å². The molecule has 1 nitrogen and oxygen atoms in total. The molecule has 1 aliphatic rings. The summed E-state index contributed by atoms with van der Waals surface area (Å²) in [6.07, 6.45) is 6.47. The van der Waals surface area contributed by atoms with Crippen LogP contribution in [0.2, 0.25) is 0 Å². The molecular weight excluding hydrogens is 134 g/mol. The normalized spacial score (nSPS) is 22.0. The van der Waals surface area contributed by atoms with Gasteiger partial charge in [-0.05, 0) is 32.1 Å². The Morgan fingerprint density at radius 1 is 1.55 bits per heavy atom. The van der Waals surface area contributed by atoms with Crippen molar-refractivity contribution < 1.29 is 0 Å². The summed E-state index contributed by atoms with van der Waals surface area (Å²) in [5, 5.41) is 0. The zero-order valence-electron chi connectivity index (χ0n) is 7.47. The molecule has 1 aliphatic carbocycles. The topological polar surface area (TPSA) is 26.0 Å². The van der Waals surface area contributed by atoms with Gasteiger partial charge in [-0.25, -0.2) is 0 Å². The van der Waals surface area contributed by atoms with Crippen LogP contribution in [0, 0.1) is 5.92 Å². The Labute approximate surface area is 69.7 Å². The molecule has 1 fully saturated rings. The molecule has 1 heteroatoms. The fourth-order valence-electron chi connectivity index (χ4n) is 1.95. The highest BCUT2D eigenvalue weighted by Gasteiger charge is 2.21. The molecule has 1 rings (SSSR count). The van der Waals surface area contributed by atoms with Gasteiger partial charge in [0.1, 0.15) is 0 Å². The van der Waals surface area contributed by atoms with E-state index in [1.54, 1.807) is 0 Å². The zero-order valence-corrected chi connectivity index (χ0v) is 7.47. The highest BCUT2D eigenvalue weighted by atomic mass is 14.6. The molecule has 2 N–H and O–H groups in total. The molecular formula is C10H19N. The maximum atomic E-state index is 6.02. The number of nitrogens with two attached hydrogens (primary N) is 1. The third-order valence-corrected chi connectivity index (χ3v) is 2.59. The largest absolute Gasteiger partial charge is 0.327 e. The van der Waals surface area contributed by atoms with Crippen molar-refractivity contribution >= 4 is 0 Å². The minimum absolute atomic E-state index is 0.384. The smallest absolute Gasteiger partial charge is 0.0104 e. The highest BCUT2D eigenvalue weighted by molar-refractivity contribution is 4.94. The van der Waals surface area contributed by atoms with E-state index in [1.165, 1.54) is 31.3 Å². The molecule has 0 aliphatic heterocycles.